The van der Waals surface area contributed by atoms with Gasteiger partial charge in [0.2, 0.25) is 5.91 Å². The van der Waals surface area contributed by atoms with Gasteiger partial charge in [-0.15, -0.1) is 0 Å². The molecule has 5 nitrogen and oxygen atoms in total. The van der Waals surface area contributed by atoms with Crippen molar-refractivity contribution < 1.29 is 23.5 Å². The molecule has 2 amide bonds. The topological polar surface area (TPSA) is 69.6 Å². The van der Waals surface area contributed by atoms with E-state index in [1.54, 1.807) is 0 Å². The quantitative estimate of drug-likeness (QED) is 0.838. The Hall–Kier alpha value is -2.02. The SMILES string of the molecule is O=C(NCC(=O)N1CC[C@@H](O)C1)c1cc(F)cc(F)c1. The maximum Gasteiger partial charge on any atom is 0.251 e. The van der Waals surface area contributed by atoms with E-state index >= 15 is 0 Å². The van der Waals surface area contributed by atoms with Crippen molar-refractivity contribution in [1.29, 1.82) is 0 Å². The van der Waals surface area contributed by atoms with E-state index in [1.807, 2.05) is 0 Å². The van der Waals surface area contributed by atoms with Gasteiger partial charge < -0.3 is 15.3 Å². The van der Waals surface area contributed by atoms with E-state index < -0.39 is 23.6 Å². The van der Waals surface area contributed by atoms with Crippen LogP contribution in [0.4, 0.5) is 8.78 Å². The Labute approximate surface area is 114 Å². The summed E-state index contributed by atoms with van der Waals surface area (Å²) in [5, 5.41) is 11.6. The largest absolute Gasteiger partial charge is 0.391 e. The molecule has 20 heavy (non-hydrogen) atoms. The van der Waals surface area contributed by atoms with Crippen LogP contribution in [-0.2, 0) is 4.79 Å². The Kier molecular flexibility index (Phi) is 4.29. The number of β-amino-alcohol motifs (C(OH)–C–C–N with tert-alkyl or cyclic N) is 1. The zero-order valence-electron chi connectivity index (χ0n) is 10.6. The molecular formula is C13H14F2N2O3. The molecule has 0 saturated carbocycles. The minimum Gasteiger partial charge on any atom is -0.391 e. The van der Waals surface area contributed by atoms with Crippen LogP contribution in [0.5, 0.6) is 0 Å². The molecule has 1 aliphatic rings. The summed E-state index contributed by atoms with van der Waals surface area (Å²) >= 11 is 0. The second-order valence-electron chi connectivity index (χ2n) is 4.62. The lowest BCUT2D eigenvalue weighted by atomic mass is 10.2. The Morgan fingerprint density at radius 3 is 2.50 bits per heavy atom. The number of hydrogen-bond donors (Lipinski definition) is 2. The third kappa shape index (κ3) is 3.51. The molecule has 1 aromatic carbocycles. The Bertz CT molecular complexity index is 516. The van der Waals surface area contributed by atoms with E-state index in [0.29, 0.717) is 19.0 Å². The van der Waals surface area contributed by atoms with E-state index in [2.05, 4.69) is 5.32 Å². The van der Waals surface area contributed by atoms with Crippen LogP contribution < -0.4 is 5.32 Å². The standard InChI is InChI=1S/C13H14F2N2O3/c14-9-3-8(4-10(15)5-9)13(20)16-6-12(19)17-2-1-11(18)7-17/h3-5,11,18H,1-2,6-7H2,(H,16,20)/t11-/m1/s1. The number of halogens is 2. The highest BCUT2D eigenvalue weighted by Gasteiger charge is 2.24. The van der Waals surface area contributed by atoms with Crippen molar-refractivity contribution in [2.75, 3.05) is 19.6 Å². The van der Waals surface area contributed by atoms with Gasteiger partial charge in [-0.2, -0.15) is 0 Å². The second kappa shape index (κ2) is 5.96. The van der Waals surface area contributed by atoms with E-state index in [9.17, 15) is 23.5 Å². The first-order valence-electron chi connectivity index (χ1n) is 6.16. The van der Waals surface area contributed by atoms with E-state index in [-0.39, 0.29) is 24.6 Å². The lowest BCUT2D eigenvalue weighted by molar-refractivity contribution is -0.129. The van der Waals surface area contributed by atoms with Gasteiger partial charge in [0.05, 0.1) is 12.6 Å². The van der Waals surface area contributed by atoms with Crippen molar-refractivity contribution in [3.63, 3.8) is 0 Å². The highest BCUT2D eigenvalue weighted by molar-refractivity contribution is 5.96. The van der Waals surface area contributed by atoms with Crippen molar-refractivity contribution in [3.05, 3.63) is 35.4 Å². The number of carbonyl (C=O) groups is 2. The number of likely N-dealkylation sites (tertiary alicyclic amines) is 1. The summed E-state index contributed by atoms with van der Waals surface area (Å²) in [7, 11) is 0. The van der Waals surface area contributed by atoms with Crippen molar-refractivity contribution in [2.24, 2.45) is 0 Å². The van der Waals surface area contributed by atoms with Crippen LogP contribution in [0.1, 0.15) is 16.8 Å². The smallest absolute Gasteiger partial charge is 0.251 e. The highest BCUT2D eigenvalue weighted by Crippen LogP contribution is 2.09. The van der Waals surface area contributed by atoms with Crippen LogP contribution in [0.25, 0.3) is 0 Å². The Morgan fingerprint density at radius 2 is 1.95 bits per heavy atom. The van der Waals surface area contributed by atoms with Crippen LogP contribution in [-0.4, -0.2) is 47.6 Å². The number of nitrogens with zero attached hydrogens (tertiary/aromatic N) is 1. The number of benzene rings is 1. The number of nitrogens with one attached hydrogen (secondary N) is 1. The molecule has 1 fully saturated rings. The predicted molar refractivity (Wildman–Crippen MR) is 65.9 cm³/mol. The zero-order chi connectivity index (χ0) is 14.7. The minimum absolute atomic E-state index is 0.184. The Balaban J connectivity index is 1.90. The molecular weight excluding hydrogens is 270 g/mol. The molecule has 108 valence electrons. The molecule has 0 aromatic heterocycles. The lowest BCUT2D eigenvalue weighted by Crippen LogP contribution is -2.39. The van der Waals surface area contributed by atoms with Crippen molar-refractivity contribution in [1.82, 2.24) is 10.2 Å². The summed E-state index contributed by atoms with van der Waals surface area (Å²) in [6.07, 6.45) is -0.0265. The Morgan fingerprint density at radius 1 is 1.30 bits per heavy atom. The average Bonchev–Trinajstić information content (AvgIpc) is 2.81. The number of hydrogen-bond acceptors (Lipinski definition) is 3. The zero-order valence-corrected chi connectivity index (χ0v) is 10.6. The normalized spacial score (nSPS) is 18.1. The number of aliphatic hydroxyl groups excluding tert-OH is 1. The van der Waals surface area contributed by atoms with Crippen LogP contribution >= 0.6 is 0 Å². The molecule has 0 spiro atoms. The number of rotatable bonds is 3. The van der Waals surface area contributed by atoms with E-state index in [1.165, 1.54) is 4.90 Å². The third-order valence-corrected chi connectivity index (χ3v) is 3.04. The minimum atomic E-state index is -0.857. The molecule has 2 N–H and O–H groups in total. The molecule has 1 saturated heterocycles. The van der Waals surface area contributed by atoms with Gasteiger partial charge in [-0.05, 0) is 18.6 Å². The third-order valence-electron chi connectivity index (χ3n) is 3.04. The van der Waals surface area contributed by atoms with E-state index in [0.717, 1.165) is 12.1 Å². The van der Waals surface area contributed by atoms with Crippen LogP contribution in [0.3, 0.4) is 0 Å². The first-order chi connectivity index (χ1) is 9.45. The first-order valence-corrected chi connectivity index (χ1v) is 6.16. The van der Waals surface area contributed by atoms with Gasteiger partial charge in [-0.1, -0.05) is 0 Å². The molecule has 0 unspecified atom stereocenters. The number of amides is 2. The van der Waals surface area contributed by atoms with Crippen LogP contribution in [0.15, 0.2) is 18.2 Å². The second-order valence-corrected chi connectivity index (χ2v) is 4.62. The first kappa shape index (κ1) is 14.4. The van der Waals surface area contributed by atoms with Crippen molar-refractivity contribution in [2.45, 2.75) is 12.5 Å². The monoisotopic (exact) mass is 284 g/mol. The van der Waals surface area contributed by atoms with Crippen LogP contribution in [0, 0.1) is 11.6 Å². The maximum atomic E-state index is 13.0. The summed E-state index contributed by atoms with van der Waals surface area (Å²) in [5.41, 5.74) is -0.184. The number of aliphatic hydroxyl groups is 1. The van der Waals surface area contributed by atoms with Gasteiger partial charge in [-0.3, -0.25) is 9.59 Å². The summed E-state index contributed by atoms with van der Waals surface area (Å²) in [5.74, 6) is -2.78. The molecule has 1 aromatic rings. The molecule has 1 heterocycles. The van der Waals surface area contributed by atoms with Crippen molar-refractivity contribution >= 4 is 11.8 Å². The maximum absolute atomic E-state index is 13.0. The molecule has 2 rings (SSSR count). The molecule has 7 heteroatoms. The molecule has 1 aliphatic heterocycles. The number of carbonyl (C=O) groups excluding carboxylic acids is 2. The predicted octanol–water partition coefficient (Wildman–Crippen LogP) is 0.288. The van der Waals surface area contributed by atoms with Gasteiger partial charge in [-0.25, -0.2) is 8.78 Å². The summed E-state index contributed by atoms with van der Waals surface area (Å²) in [6.45, 7) is 0.400. The van der Waals surface area contributed by atoms with Gasteiger partial charge in [0.15, 0.2) is 0 Å². The highest BCUT2D eigenvalue weighted by atomic mass is 19.1. The van der Waals surface area contributed by atoms with Crippen LogP contribution in [0.2, 0.25) is 0 Å². The summed E-state index contributed by atoms with van der Waals surface area (Å²) in [4.78, 5) is 24.8. The summed E-state index contributed by atoms with van der Waals surface area (Å²) in [6, 6.07) is 2.44. The molecule has 0 radical (unpaired) electrons. The van der Waals surface area contributed by atoms with Gasteiger partial charge in [0.1, 0.15) is 11.6 Å². The molecule has 0 aliphatic carbocycles. The molecule has 0 bridgehead atoms. The fourth-order valence-corrected chi connectivity index (χ4v) is 2.02. The summed E-state index contributed by atoms with van der Waals surface area (Å²) < 4.78 is 25.9. The fraction of sp³-hybridized carbons (Fsp3) is 0.385. The average molecular weight is 284 g/mol. The van der Waals surface area contributed by atoms with Gasteiger partial charge >= 0.3 is 0 Å². The van der Waals surface area contributed by atoms with E-state index in [4.69, 9.17) is 0 Å². The van der Waals surface area contributed by atoms with Gasteiger partial charge in [0, 0.05) is 24.7 Å². The lowest BCUT2D eigenvalue weighted by Gasteiger charge is -2.15. The van der Waals surface area contributed by atoms with Gasteiger partial charge in [0.25, 0.3) is 5.91 Å². The fourth-order valence-electron chi connectivity index (χ4n) is 2.02. The van der Waals surface area contributed by atoms with Crippen molar-refractivity contribution in [3.8, 4) is 0 Å². The molecule has 1 atom stereocenters.